The smallest absolute Gasteiger partial charge is 0.332 e. The number of ketones is 3. The molecule has 1 spiro atoms. The largest absolute Gasteiger partial charge is 0.496 e. The molecule has 4 heterocycles. The number of aromatic nitrogens is 2. The van der Waals surface area contributed by atoms with Crippen molar-refractivity contribution in [2.24, 2.45) is 20.0 Å². The number of ether oxygens (including phenoxy) is 3. The number of methoxy groups -OCH3 is 2. The second kappa shape index (κ2) is 10.8. The first-order valence-electron chi connectivity index (χ1n) is 15.1. The highest BCUT2D eigenvalue weighted by atomic mass is 35.5. The van der Waals surface area contributed by atoms with Gasteiger partial charge in [-0.25, -0.2) is 4.79 Å². The summed E-state index contributed by atoms with van der Waals surface area (Å²) in [6, 6.07) is 11.6. The van der Waals surface area contributed by atoms with Crippen molar-refractivity contribution in [1.82, 2.24) is 9.13 Å². The quantitative estimate of drug-likeness (QED) is 0.235. The van der Waals surface area contributed by atoms with E-state index in [1.54, 1.807) is 43.3 Å². The fourth-order valence-corrected chi connectivity index (χ4v) is 7.27. The summed E-state index contributed by atoms with van der Waals surface area (Å²) in [6.45, 7) is 3.19. The molecule has 4 aromatic rings. The summed E-state index contributed by atoms with van der Waals surface area (Å²) in [4.78, 5) is 68.3. The maximum Gasteiger partial charge on any atom is 0.332 e. The minimum Gasteiger partial charge on any atom is -0.496 e. The van der Waals surface area contributed by atoms with E-state index in [4.69, 9.17) is 30.2 Å². The van der Waals surface area contributed by atoms with Crippen LogP contribution in [0, 0.1) is 5.92 Å². The van der Waals surface area contributed by atoms with Crippen molar-refractivity contribution in [3.8, 4) is 28.6 Å². The van der Waals surface area contributed by atoms with Crippen LogP contribution in [0.3, 0.4) is 0 Å². The average Bonchev–Trinajstić information content (AvgIpc) is 3.69. The normalized spacial score (nSPS) is 21.0. The Morgan fingerprint density at radius 3 is 2.31 bits per heavy atom. The lowest BCUT2D eigenvalue weighted by atomic mass is 9.66. The predicted octanol–water partition coefficient (Wildman–Crippen LogP) is 4.65. The van der Waals surface area contributed by atoms with E-state index < -0.39 is 40.3 Å². The van der Waals surface area contributed by atoms with Gasteiger partial charge in [-0.2, -0.15) is 0 Å². The second-order valence-electron chi connectivity index (χ2n) is 12.2. The molecule has 12 nitrogen and oxygen atoms in total. The highest BCUT2D eigenvalue weighted by Gasteiger charge is 2.64. The van der Waals surface area contributed by atoms with Gasteiger partial charge in [-0.05, 0) is 25.5 Å². The van der Waals surface area contributed by atoms with Gasteiger partial charge in [0, 0.05) is 48.5 Å². The van der Waals surface area contributed by atoms with Gasteiger partial charge in [-0.15, -0.1) is 0 Å². The molecule has 0 bridgehead atoms. The molecule has 0 saturated heterocycles. The summed E-state index contributed by atoms with van der Waals surface area (Å²) < 4.78 is 25.9. The Morgan fingerprint density at radius 1 is 0.979 bits per heavy atom. The van der Waals surface area contributed by atoms with E-state index >= 15 is 4.79 Å². The van der Waals surface area contributed by atoms with E-state index in [1.165, 1.54) is 45.9 Å². The SMILES string of the molecule is COc1cc(OC)c2c(c1Cl)O[C@@]1(C(=O)C3=C(C[C@H]1C)Nc1c(c(=O)n(C)c(=O)n1C)[C@H]3c1ccc(-c3ccc(C(C)=O)cc3)o1)C2=O. The zero-order valence-corrected chi connectivity index (χ0v) is 27.6. The van der Waals surface area contributed by atoms with Crippen LogP contribution in [0.5, 0.6) is 17.2 Å². The number of Topliss-reactive ketones (excluding diaryl/α,β-unsaturated/α-hetero) is 3. The molecule has 3 atom stereocenters. The predicted molar refractivity (Wildman–Crippen MR) is 175 cm³/mol. The van der Waals surface area contributed by atoms with Gasteiger partial charge in [0.25, 0.3) is 5.56 Å². The first-order valence-corrected chi connectivity index (χ1v) is 15.5. The molecule has 0 unspecified atom stereocenters. The third-order valence-corrected chi connectivity index (χ3v) is 9.92. The minimum atomic E-state index is -2.05. The molecular formula is C35H30ClN3O9. The third kappa shape index (κ3) is 4.11. The molecule has 7 rings (SSSR count). The molecule has 13 heteroatoms. The van der Waals surface area contributed by atoms with Crippen LogP contribution in [0.2, 0.25) is 5.02 Å². The Bertz CT molecular complexity index is 2260. The van der Waals surface area contributed by atoms with Gasteiger partial charge in [0.15, 0.2) is 11.5 Å². The van der Waals surface area contributed by atoms with Gasteiger partial charge < -0.3 is 23.9 Å². The summed E-state index contributed by atoms with van der Waals surface area (Å²) in [5.41, 5.74) is -1.46. The van der Waals surface area contributed by atoms with Crippen LogP contribution in [-0.2, 0) is 18.9 Å². The number of fused-ring (bicyclic) bond motifs is 2. The minimum absolute atomic E-state index is 0.0114. The fourth-order valence-electron chi connectivity index (χ4n) is 7.01. The molecule has 48 heavy (non-hydrogen) atoms. The number of furan rings is 1. The highest BCUT2D eigenvalue weighted by Crippen LogP contribution is 2.56. The maximum absolute atomic E-state index is 15.0. The van der Waals surface area contributed by atoms with Gasteiger partial charge in [0.05, 0.1) is 25.7 Å². The zero-order valence-electron chi connectivity index (χ0n) is 26.8. The van der Waals surface area contributed by atoms with Crippen LogP contribution in [0.1, 0.15) is 58.2 Å². The Balaban J connectivity index is 1.43. The monoisotopic (exact) mass is 671 g/mol. The average molecular weight is 672 g/mol. The zero-order chi connectivity index (χ0) is 34.4. The lowest BCUT2D eigenvalue weighted by molar-refractivity contribution is -0.130. The lowest BCUT2D eigenvalue weighted by Gasteiger charge is -2.42. The first kappa shape index (κ1) is 31.3. The van der Waals surface area contributed by atoms with Gasteiger partial charge in [0.2, 0.25) is 17.2 Å². The van der Waals surface area contributed by atoms with E-state index in [-0.39, 0.29) is 62.8 Å². The molecular weight excluding hydrogens is 642 g/mol. The number of hydrogen-bond donors (Lipinski definition) is 1. The number of allylic oxidation sites excluding steroid dienone is 1. The van der Waals surface area contributed by atoms with Gasteiger partial charge in [-0.3, -0.25) is 28.3 Å². The molecule has 0 saturated carbocycles. The van der Waals surface area contributed by atoms with Crippen LogP contribution in [0.15, 0.2) is 67.7 Å². The van der Waals surface area contributed by atoms with Gasteiger partial charge in [-0.1, -0.05) is 42.8 Å². The number of benzene rings is 2. The number of anilines is 1. The number of nitrogens with one attached hydrogen (secondary N) is 1. The molecule has 1 aliphatic carbocycles. The van der Waals surface area contributed by atoms with Crippen molar-refractivity contribution in [3.05, 3.63) is 102 Å². The van der Waals surface area contributed by atoms with E-state index in [0.29, 0.717) is 22.6 Å². The van der Waals surface area contributed by atoms with Gasteiger partial charge >= 0.3 is 5.69 Å². The summed E-state index contributed by atoms with van der Waals surface area (Å²) in [7, 11) is 5.67. The van der Waals surface area contributed by atoms with E-state index in [0.717, 1.165) is 4.57 Å². The van der Waals surface area contributed by atoms with Crippen LogP contribution < -0.4 is 30.8 Å². The number of hydrogen-bond acceptors (Lipinski definition) is 10. The van der Waals surface area contributed by atoms with E-state index in [9.17, 15) is 19.2 Å². The third-order valence-electron chi connectivity index (χ3n) is 9.56. The molecule has 0 fully saturated rings. The van der Waals surface area contributed by atoms with Crippen LogP contribution in [0.4, 0.5) is 5.82 Å². The highest BCUT2D eigenvalue weighted by molar-refractivity contribution is 6.36. The lowest BCUT2D eigenvalue weighted by Crippen LogP contribution is -2.58. The summed E-state index contributed by atoms with van der Waals surface area (Å²) in [5.74, 6) is -2.10. The Hall–Kier alpha value is -5.36. The second-order valence-corrected chi connectivity index (χ2v) is 12.5. The molecule has 2 aliphatic heterocycles. The topological polar surface area (TPSA) is 148 Å². The maximum atomic E-state index is 15.0. The number of halogens is 1. The summed E-state index contributed by atoms with van der Waals surface area (Å²) in [5, 5.41) is 3.20. The molecule has 0 amide bonds. The van der Waals surface area contributed by atoms with Crippen LogP contribution in [-0.4, -0.2) is 46.3 Å². The van der Waals surface area contributed by atoms with Crippen molar-refractivity contribution in [1.29, 1.82) is 0 Å². The first-order chi connectivity index (χ1) is 22.8. The Labute approximate surface area is 278 Å². The molecule has 2 aromatic carbocycles. The summed E-state index contributed by atoms with van der Waals surface area (Å²) in [6.07, 6.45) is 0.136. The van der Waals surface area contributed by atoms with Crippen molar-refractivity contribution >= 4 is 34.8 Å². The standard InChI is InChI=1S/C35H30ClN3O9/c1-15-13-19-24(30(41)35(15)31(42)26-22(45-5)14-23(46-6)28(36)29(26)48-35)25(27-32(37-19)38(3)34(44)39(4)33(27)43)21-12-11-20(47-21)18-9-7-17(8-10-18)16(2)40/h7-12,14-15,25,37H,13H2,1-6H3/t15-,25+,35+/m1/s1. The molecule has 0 radical (unpaired) electrons. The number of carbonyl (C=O) groups excluding carboxylic acids is 3. The van der Waals surface area contributed by atoms with E-state index in [1.807, 2.05) is 0 Å². The Kier molecular flexibility index (Phi) is 7.06. The van der Waals surface area contributed by atoms with Crippen molar-refractivity contribution in [3.63, 3.8) is 0 Å². The molecule has 3 aliphatic rings. The molecule has 246 valence electrons. The molecule has 2 aromatic heterocycles. The number of rotatable bonds is 5. The molecule has 1 N–H and O–H groups in total. The van der Waals surface area contributed by atoms with Crippen molar-refractivity contribution in [2.45, 2.75) is 31.8 Å². The van der Waals surface area contributed by atoms with Crippen molar-refractivity contribution in [2.75, 3.05) is 19.5 Å². The Morgan fingerprint density at radius 2 is 1.67 bits per heavy atom. The van der Waals surface area contributed by atoms with Crippen molar-refractivity contribution < 1.29 is 33.0 Å². The summed E-state index contributed by atoms with van der Waals surface area (Å²) >= 11 is 6.63. The van der Waals surface area contributed by atoms with Gasteiger partial charge in [0.1, 0.15) is 39.4 Å². The number of carbonyl (C=O) groups is 3. The van der Waals surface area contributed by atoms with E-state index in [2.05, 4.69) is 5.32 Å². The van der Waals surface area contributed by atoms with Crippen LogP contribution in [0.25, 0.3) is 11.3 Å². The fraction of sp³-hybridized carbons (Fsp3) is 0.286. The number of nitrogens with zero attached hydrogens (tertiary/aromatic N) is 2. The van der Waals surface area contributed by atoms with Crippen LogP contribution >= 0.6 is 11.6 Å².